The van der Waals surface area contributed by atoms with Crippen molar-refractivity contribution in [1.29, 1.82) is 0 Å². The predicted octanol–water partition coefficient (Wildman–Crippen LogP) is 3.87. The van der Waals surface area contributed by atoms with Crippen molar-refractivity contribution in [3.63, 3.8) is 0 Å². The molecular weight excluding hydrogens is 182 g/mol. The molecule has 0 aliphatic carbocycles. The molecule has 0 bridgehead atoms. The number of aryl methyl sites for hydroxylation is 1. The highest BCUT2D eigenvalue weighted by atomic mass is 15.0. The van der Waals surface area contributed by atoms with Gasteiger partial charge in [-0.25, -0.2) is 0 Å². The van der Waals surface area contributed by atoms with Crippen LogP contribution < -0.4 is 0 Å². The second-order valence-corrected chi connectivity index (χ2v) is 3.26. The summed E-state index contributed by atoms with van der Waals surface area (Å²) in [6, 6.07) is 14.7. The summed E-state index contributed by atoms with van der Waals surface area (Å²) in [6.45, 7) is 7.10. The van der Waals surface area contributed by atoms with Gasteiger partial charge < -0.3 is 4.57 Å². The van der Waals surface area contributed by atoms with Crippen LogP contribution in [0.3, 0.4) is 0 Å². The molecule has 1 heteroatoms. The van der Waals surface area contributed by atoms with E-state index in [4.69, 9.17) is 0 Å². The van der Waals surface area contributed by atoms with Crippen LogP contribution in [0.1, 0.15) is 25.1 Å². The maximum atomic E-state index is 2.25. The molecule has 0 amide bonds. The first-order valence-electron chi connectivity index (χ1n) is 5.52. The van der Waals surface area contributed by atoms with Gasteiger partial charge in [0.15, 0.2) is 0 Å². The van der Waals surface area contributed by atoms with E-state index in [1.807, 2.05) is 19.9 Å². The average Bonchev–Trinajstić information content (AvgIpc) is 2.69. The van der Waals surface area contributed by atoms with Crippen LogP contribution in [-0.4, -0.2) is 4.57 Å². The van der Waals surface area contributed by atoms with Gasteiger partial charge in [-0.05, 0) is 24.6 Å². The SMILES string of the molecule is CC.Cc1cccn1Cc1ccccc1. The Balaban J connectivity index is 0.000000531. The molecule has 80 valence electrons. The molecule has 0 saturated heterocycles. The smallest absolute Gasteiger partial charge is 0.0472 e. The monoisotopic (exact) mass is 201 g/mol. The summed E-state index contributed by atoms with van der Waals surface area (Å²) in [6.07, 6.45) is 2.11. The zero-order valence-electron chi connectivity index (χ0n) is 9.77. The summed E-state index contributed by atoms with van der Waals surface area (Å²) in [5.74, 6) is 0. The highest BCUT2D eigenvalue weighted by Gasteiger charge is 1.95. The summed E-state index contributed by atoms with van der Waals surface area (Å²) in [7, 11) is 0. The molecule has 0 radical (unpaired) electrons. The first kappa shape index (κ1) is 11.6. The van der Waals surface area contributed by atoms with E-state index in [0.717, 1.165) is 6.54 Å². The molecule has 1 nitrogen and oxygen atoms in total. The van der Waals surface area contributed by atoms with E-state index < -0.39 is 0 Å². The minimum absolute atomic E-state index is 0.972. The second-order valence-electron chi connectivity index (χ2n) is 3.26. The first-order chi connectivity index (χ1) is 7.36. The highest BCUT2D eigenvalue weighted by Crippen LogP contribution is 2.05. The van der Waals surface area contributed by atoms with Gasteiger partial charge in [0.2, 0.25) is 0 Å². The number of hydrogen-bond acceptors (Lipinski definition) is 0. The zero-order chi connectivity index (χ0) is 11.1. The Kier molecular flexibility index (Phi) is 4.69. The number of nitrogens with zero attached hydrogens (tertiary/aromatic N) is 1. The summed E-state index contributed by atoms with van der Waals surface area (Å²) in [4.78, 5) is 0. The molecule has 0 aliphatic rings. The molecule has 2 aromatic rings. The fourth-order valence-electron chi connectivity index (χ4n) is 1.46. The standard InChI is InChI=1S/C12H13N.C2H6/c1-11-6-5-9-13(11)10-12-7-3-2-4-8-12;1-2/h2-9H,10H2,1H3;1-2H3. The molecule has 1 heterocycles. The molecule has 1 aromatic carbocycles. The first-order valence-corrected chi connectivity index (χ1v) is 5.52. The average molecular weight is 201 g/mol. The Labute approximate surface area is 92.4 Å². The fraction of sp³-hybridized carbons (Fsp3) is 0.286. The third-order valence-electron chi connectivity index (χ3n) is 2.25. The third kappa shape index (κ3) is 3.28. The molecule has 0 spiro atoms. The molecule has 0 unspecified atom stereocenters. The van der Waals surface area contributed by atoms with Crippen LogP contribution in [0.4, 0.5) is 0 Å². The maximum absolute atomic E-state index is 2.25. The van der Waals surface area contributed by atoms with Crippen LogP contribution in [0.15, 0.2) is 48.7 Å². The van der Waals surface area contributed by atoms with Crippen molar-refractivity contribution in [2.45, 2.75) is 27.3 Å². The molecule has 1 aromatic heterocycles. The van der Waals surface area contributed by atoms with Gasteiger partial charge in [0, 0.05) is 18.4 Å². The van der Waals surface area contributed by atoms with Gasteiger partial charge in [-0.3, -0.25) is 0 Å². The maximum Gasteiger partial charge on any atom is 0.0472 e. The van der Waals surface area contributed by atoms with Crippen LogP contribution in [0.25, 0.3) is 0 Å². The highest BCUT2D eigenvalue weighted by molar-refractivity contribution is 5.17. The van der Waals surface area contributed by atoms with Crippen LogP contribution >= 0.6 is 0 Å². The van der Waals surface area contributed by atoms with E-state index in [9.17, 15) is 0 Å². The number of hydrogen-bond donors (Lipinski definition) is 0. The lowest BCUT2D eigenvalue weighted by molar-refractivity contribution is 0.776. The van der Waals surface area contributed by atoms with Crippen molar-refractivity contribution < 1.29 is 0 Å². The molecule has 0 saturated carbocycles. The summed E-state index contributed by atoms with van der Waals surface area (Å²) in [5.41, 5.74) is 2.66. The van der Waals surface area contributed by atoms with Gasteiger partial charge in [-0.2, -0.15) is 0 Å². The van der Waals surface area contributed by atoms with Gasteiger partial charge in [0.1, 0.15) is 0 Å². The van der Waals surface area contributed by atoms with Gasteiger partial charge in [-0.15, -0.1) is 0 Å². The number of rotatable bonds is 2. The van der Waals surface area contributed by atoms with Gasteiger partial charge >= 0.3 is 0 Å². The number of aromatic nitrogens is 1. The van der Waals surface area contributed by atoms with Gasteiger partial charge in [0.25, 0.3) is 0 Å². The van der Waals surface area contributed by atoms with E-state index in [1.165, 1.54) is 11.3 Å². The third-order valence-corrected chi connectivity index (χ3v) is 2.25. The Morgan fingerprint density at radius 3 is 2.13 bits per heavy atom. The Morgan fingerprint density at radius 2 is 1.60 bits per heavy atom. The molecule has 0 atom stereocenters. The largest absolute Gasteiger partial charge is 0.347 e. The van der Waals surface area contributed by atoms with Crippen molar-refractivity contribution in [1.82, 2.24) is 4.57 Å². The van der Waals surface area contributed by atoms with E-state index in [-0.39, 0.29) is 0 Å². The molecule has 15 heavy (non-hydrogen) atoms. The van der Waals surface area contributed by atoms with Crippen molar-refractivity contribution in [2.24, 2.45) is 0 Å². The Hall–Kier alpha value is -1.50. The predicted molar refractivity (Wildman–Crippen MR) is 66.1 cm³/mol. The van der Waals surface area contributed by atoms with Crippen LogP contribution in [0, 0.1) is 6.92 Å². The van der Waals surface area contributed by atoms with Crippen molar-refractivity contribution in [2.75, 3.05) is 0 Å². The topological polar surface area (TPSA) is 4.93 Å². The minimum atomic E-state index is 0.972. The molecule has 0 N–H and O–H groups in total. The summed E-state index contributed by atoms with van der Waals surface area (Å²) in [5, 5.41) is 0. The minimum Gasteiger partial charge on any atom is -0.347 e. The van der Waals surface area contributed by atoms with E-state index in [0.29, 0.717) is 0 Å². The van der Waals surface area contributed by atoms with Gasteiger partial charge in [0.05, 0.1) is 0 Å². The van der Waals surface area contributed by atoms with Crippen molar-refractivity contribution in [3.8, 4) is 0 Å². The molecular formula is C14H19N. The van der Waals surface area contributed by atoms with Crippen molar-refractivity contribution >= 4 is 0 Å². The van der Waals surface area contributed by atoms with Gasteiger partial charge in [-0.1, -0.05) is 44.2 Å². The van der Waals surface area contributed by atoms with E-state index >= 15 is 0 Å². The van der Waals surface area contributed by atoms with E-state index in [2.05, 4.69) is 54.1 Å². The Bertz CT molecular complexity index is 373. The lowest BCUT2D eigenvalue weighted by Crippen LogP contribution is -1.99. The second kappa shape index (κ2) is 6.07. The molecule has 2 rings (SSSR count). The molecule has 0 fully saturated rings. The van der Waals surface area contributed by atoms with Crippen LogP contribution in [-0.2, 0) is 6.54 Å². The lowest BCUT2D eigenvalue weighted by Gasteiger charge is -2.05. The van der Waals surface area contributed by atoms with Crippen molar-refractivity contribution in [3.05, 3.63) is 59.9 Å². The molecule has 0 aliphatic heterocycles. The number of benzene rings is 1. The van der Waals surface area contributed by atoms with E-state index in [1.54, 1.807) is 0 Å². The lowest BCUT2D eigenvalue weighted by atomic mass is 10.2. The summed E-state index contributed by atoms with van der Waals surface area (Å²) < 4.78 is 2.25. The zero-order valence-corrected chi connectivity index (χ0v) is 9.77. The van der Waals surface area contributed by atoms with Crippen LogP contribution in [0.5, 0.6) is 0 Å². The quantitative estimate of drug-likeness (QED) is 0.695. The fourth-order valence-corrected chi connectivity index (χ4v) is 1.46. The Morgan fingerprint density at radius 1 is 0.933 bits per heavy atom. The normalized spacial score (nSPS) is 9.27. The summed E-state index contributed by atoms with van der Waals surface area (Å²) >= 11 is 0. The van der Waals surface area contributed by atoms with Crippen LogP contribution in [0.2, 0.25) is 0 Å².